The summed E-state index contributed by atoms with van der Waals surface area (Å²) in [5.74, 6) is 0.738. The highest BCUT2D eigenvalue weighted by molar-refractivity contribution is 8.00. The van der Waals surface area contributed by atoms with Crippen LogP contribution in [0.3, 0.4) is 0 Å². The topological polar surface area (TPSA) is 79.9 Å². The molecule has 1 aromatic carbocycles. The molecule has 2 heterocycles. The quantitative estimate of drug-likeness (QED) is 0.628. The number of amides is 1. The van der Waals surface area contributed by atoms with E-state index in [2.05, 4.69) is 20.3 Å². The summed E-state index contributed by atoms with van der Waals surface area (Å²) in [7, 11) is 0. The first-order chi connectivity index (χ1) is 12.2. The number of hydrogen-bond donors (Lipinski definition) is 2. The van der Waals surface area contributed by atoms with Gasteiger partial charge in [0.15, 0.2) is 10.8 Å². The summed E-state index contributed by atoms with van der Waals surface area (Å²) in [5, 5.41) is 3.40. The van der Waals surface area contributed by atoms with Crippen LogP contribution in [0.1, 0.15) is 20.3 Å². The summed E-state index contributed by atoms with van der Waals surface area (Å²) >= 11 is 1.41. The standard InChI is InChI=1S/C18H20N4O2S/c1-3-15(25-18-21-14-6-5-11-19-16(14)22-18)17(23)20-12-7-9-13(10-8-12)24-4-2/h5-11,15H,3-4H2,1-2H3,(H,20,23)(H,19,21,22)/t15-/m1/s1. The Bertz CT molecular complexity index is 815. The Balaban J connectivity index is 1.66. The maximum Gasteiger partial charge on any atom is 0.237 e. The average Bonchev–Trinajstić information content (AvgIpc) is 3.04. The number of benzene rings is 1. The van der Waals surface area contributed by atoms with Crippen molar-refractivity contribution in [2.24, 2.45) is 0 Å². The number of rotatable bonds is 7. The van der Waals surface area contributed by atoms with Crippen molar-refractivity contribution in [3.8, 4) is 5.75 Å². The Morgan fingerprint density at radius 1 is 1.28 bits per heavy atom. The molecule has 0 aliphatic heterocycles. The number of nitrogens with zero attached hydrogens (tertiary/aromatic N) is 2. The number of aromatic amines is 1. The molecule has 0 saturated heterocycles. The summed E-state index contributed by atoms with van der Waals surface area (Å²) in [6.07, 6.45) is 2.39. The molecule has 0 fully saturated rings. The lowest BCUT2D eigenvalue weighted by atomic mass is 10.2. The highest BCUT2D eigenvalue weighted by Gasteiger charge is 2.20. The number of anilines is 1. The number of fused-ring (bicyclic) bond motifs is 1. The summed E-state index contributed by atoms with van der Waals surface area (Å²) in [5.41, 5.74) is 2.28. The number of hydrogen-bond acceptors (Lipinski definition) is 5. The minimum atomic E-state index is -0.243. The third kappa shape index (κ3) is 4.30. The van der Waals surface area contributed by atoms with Crippen molar-refractivity contribution < 1.29 is 9.53 Å². The van der Waals surface area contributed by atoms with E-state index in [0.29, 0.717) is 23.8 Å². The molecule has 0 bridgehead atoms. The Kier molecular flexibility index (Phi) is 5.55. The van der Waals surface area contributed by atoms with Gasteiger partial charge in [-0.05, 0) is 49.7 Å². The zero-order valence-corrected chi connectivity index (χ0v) is 15.0. The number of carbonyl (C=O) groups is 1. The first kappa shape index (κ1) is 17.3. The average molecular weight is 356 g/mol. The second kappa shape index (κ2) is 8.02. The molecule has 6 nitrogen and oxygen atoms in total. The van der Waals surface area contributed by atoms with Crippen molar-refractivity contribution in [1.29, 1.82) is 0 Å². The van der Waals surface area contributed by atoms with Crippen molar-refractivity contribution in [3.63, 3.8) is 0 Å². The zero-order valence-electron chi connectivity index (χ0n) is 14.2. The SMILES string of the molecule is CCOc1ccc(NC(=O)[C@@H](CC)Sc2nc3ncccc3[nH]2)cc1. The fourth-order valence-corrected chi connectivity index (χ4v) is 3.27. The predicted molar refractivity (Wildman–Crippen MR) is 100 cm³/mol. The van der Waals surface area contributed by atoms with E-state index in [4.69, 9.17) is 4.74 Å². The van der Waals surface area contributed by atoms with Gasteiger partial charge in [0, 0.05) is 11.9 Å². The van der Waals surface area contributed by atoms with E-state index in [-0.39, 0.29) is 11.2 Å². The van der Waals surface area contributed by atoms with Gasteiger partial charge in [0.05, 0.1) is 17.4 Å². The van der Waals surface area contributed by atoms with Crippen LogP contribution < -0.4 is 10.1 Å². The summed E-state index contributed by atoms with van der Waals surface area (Å²) in [4.78, 5) is 24.4. The molecule has 3 aromatic rings. The first-order valence-corrected chi connectivity index (χ1v) is 9.08. The molecule has 3 rings (SSSR count). The van der Waals surface area contributed by atoms with E-state index in [1.54, 1.807) is 6.20 Å². The van der Waals surface area contributed by atoms with Gasteiger partial charge in [-0.25, -0.2) is 9.97 Å². The number of H-pyrrole nitrogens is 1. The van der Waals surface area contributed by atoms with Gasteiger partial charge < -0.3 is 15.0 Å². The molecule has 1 atom stereocenters. The van der Waals surface area contributed by atoms with Gasteiger partial charge in [-0.1, -0.05) is 18.7 Å². The van der Waals surface area contributed by atoms with Crippen molar-refractivity contribution in [1.82, 2.24) is 15.0 Å². The molecule has 0 aliphatic rings. The van der Waals surface area contributed by atoms with Crippen molar-refractivity contribution in [3.05, 3.63) is 42.6 Å². The maximum absolute atomic E-state index is 12.6. The van der Waals surface area contributed by atoms with Crippen molar-refractivity contribution in [2.45, 2.75) is 30.7 Å². The van der Waals surface area contributed by atoms with Crippen LogP contribution in [0.4, 0.5) is 5.69 Å². The van der Waals surface area contributed by atoms with Gasteiger partial charge in [0.25, 0.3) is 0 Å². The van der Waals surface area contributed by atoms with Crippen molar-refractivity contribution >= 4 is 34.5 Å². The minimum Gasteiger partial charge on any atom is -0.494 e. The predicted octanol–water partition coefficient (Wildman–Crippen LogP) is 3.87. The Morgan fingerprint density at radius 2 is 2.08 bits per heavy atom. The van der Waals surface area contributed by atoms with Crippen LogP contribution in [0.25, 0.3) is 11.2 Å². The molecule has 0 aliphatic carbocycles. The minimum absolute atomic E-state index is 0.0509. The summed E-state index contributed by atoms with van der Waals surface area (Å²) < 4.78 is 5.41. The highest BCUT2D eigenvalue weighted by atomic mass is 32.2. The second-order valence-corrected chi connectivity index (χ2v) is 6.57. The smallest absolute Gasteiger partial charge is 0.237 e. The summed E-state index contributed by atoms with van der Waals surface area (Å²) in [6, 6.07) is 11.1. The number of ether oxygens (including phenoxy) is 1. The molecule has 0 saturated carbocycles. The van der Waals surface area contributed by atoms with Crippen LogP contribution in [0.2, 0.25) is 0 Å². The third-order valence-electron chi connectivity index (χ3n) is 3.59. The Morgan fingerprint density at radius 3 is 2.76 bits per heavy atom. The number of nitrogens with one attached hydrogen (secondary N) is 2. The van der Waals surface area contributed by atoms with Crippen LogP contribution in [0.15, 0.2) is 47.8 Å². The van der Waals surface area contributed by atoms with Crippen molar-refractivity contribution in [2.75, 3.05) is 11.9 Å². The lowest BCUT2D eigenvalue weighted by Gasteiger charge is -2.13. The van der Waals surface area contributed by atoms with E-state index in [0.717, 1.165) is 17.0 Å². The lowest BCUT2D eigenvalue weighted by molar-refractivity contribution is -0.115. The number of imidazole rings is 1. The van der Waals surface area contributed by atoms with Gasteiger partial charge in [0.1, 0.15) is 5.75 Å². The Hall–Kier alpha value is -2.54. The van der Waals surface area contributed by atoms with Crippen LogP contribution >= 0.6 is 11.8 Å². The number of pyridine rings is 1. The molecule has 0 unspecified atom stereocenters. The van der Waals surface area contributed by atoms with E-state index >= 15 is 0 Å². The van der Waals surface area contributed by atoms with Crippen LogP contribution in [-0.2, 0) is 4.79 Å². The summed E-state index contributed by atoms with van der Waals surface area (Å²) in [6.45, 7) is 4.54. The monoisotopic (exact) mass is 356 g/mol. The van der Waals surface area contributed by atoms with E-state index in [1.165, 1.54) is 11.8 Å². The number of carbonyl (C=O) groups excluding carboxylic acids is 1. The van der Waals surface area contributed by atoms with E-state index < -0.39 is 0 Å². The molecule has 130 valence electrons. The molecular formula is C18H20N4O2S. The Labute approximate surface area is 150 Å². The van der Waals surface area contributed by atoms with Crippen LogP contribution in [0.5, 0.6) is 5.75 Å². The number of thioether (sulfide) groups is 1. The largest absolute Gasteiger partial charge is 0.494 e. The maximum atomic E-state index is 12.6. The normalized spacial score (nSPS) is 12.1. The highest BCUT2D eigenvalue weighted by Crippen LogP contribution is 2.26. The fourth-order valence-electron chi connectivity index (χ4n) is 2.36. The molecule has 1 amide bonds. The molecule has 25 heavy (non-hydrogen) atoms. The second-order valence-electron chi connectivity index (χ2n) is 5.38. The van der Waals surface area contributed by atoms with Gasteiger partial charge in [-0.15, -0.1) is 0 Å². The first-order valence-electron chi connectivity index (χ1n) is 8.20. The lowest BCUT2D eigenvalue weighted by Crippen LogP contribution is -2.24. The van der Waals surface area contributed by atoms with Gasteiger partial charge in [-0.3, -0.25) is 4.79 Å². The van der Waals surface area contributed by atoms with Gasteiger partial charge in [0.2, 0.25) is 5.91 Å². The van der Waals surface area contributed by atoms with Crippen LogP contribution in [0, 0.1) is 0 Å². The molecule has 2 N–H and O–H groups in total. The molecule has 0 spiro atoms. The molecular weight excluding hydrogens is 336 g/mol. The fraction of sp³-hybridized carbons (Fsp3) is 0.278. The molecule has 2 aromatic heterocycles. The molecule has 7 heteroatoms. The third-order valence-corrected chi connectivity index (χ3v) is 4.83. The van der Waals surface area contributed by atoms with E-state index in [1.807, 2.05) is 50.2 Å². The zero-order chi connectivity index (χ0) is 17.6. The van der Waals surface area contributed by atoms with Gasteiger partial charge in [-0.2, -0.15) is 0 Å². The number of aromatic nitrogens is 3. The van der Waals surface area contributed by atoms with E-state index in [9.17, 15) is 4.79 Å². The van der Waals surface area contributed by atoms with Gasteiger partial charge >= 0.3 is 0 Å². The molecule has 0 radical (unpaired) electrons. The van der Waals surface area contributed by atoms with Crippen LogP contribution in [-0.4, -0.2) is 32.7 Å².